The number of fused-ring (bicyclic) bond motifs is 8. The number of ether oxygens (including phenoxy) is 5. The number of hydrogen-bond donors (Lipinski definition) is 1. The fraction of sp³-hybridized carbons (Fsp3) is 0.495. The third-order valence-corrected chi connectivity index (χ3v) is 27.1. The van der Waals surface area contributed by atoms with Crippen molar-refractivity contribution in [2.75, 3.05) is 114 Å². The molecule has 0 aliphatic carbocycles. The van der Waals surface area contributed by atoms with Gasteiger partial charge in [0.15, 0.2) is 11.5 Å². The second-order valence-electron chi connectivity index (χ2n) is 34.5. The van der Waals surface area contributed by atoms with E-state index in [9.17, 15) is 81.5 Å². The molecule has 4 aromatic carbocycles. The Kier molecular flexibility index (Phi) is 28.3. The molecular weight excluding hydrogens is 1770 g/mol. The van der Waals surface area contributed by atoms with Crippen molar-refractivity contribution in [3.05, 3.63) is 205 Å². The van der Waals surface area contributed by atoms with Gasteiger partial charge in [0.25, 0.3) is 35.2 Å². The second-order valence-corrected chi connectivity index (χ2v) is 35.7. The van der Waals surface area contributed by atoms with Crippen molar-refractivity contribution in [3.8, 4) is 28.7 Å². The number of ketones is 2. The summed E-state index contributed by atoms with van der Waals surface area (Å²) in [5.74, 6) is -2.60. The van der Waals surface area contributed by atoms with E-state index in [0.29, 0.717) is 189 Å². The van der Waals surface area contributed by atoms with E-state index in [1.807, 2.05) is 54.8 Å². The molecule has 23 nitrogen and oxygen atoms in total. The van der Waals surface area contributed by atoms with E-state index in [1.165, 1.54) is 59.4 Å². The number of methoxy groups -OCH3 is 2. The quantitative estimate of drug-likeness (QED) is 0.0842. The lowest BCUT2D eigenvalue weighted by molar-refractivity contribution is -0.274. The maximum atomic E-state index is 13.4. The first-order chi connectivity index (χ1) is 60.7. The summed E-state index contributed by atoms with van der Waals surface area (Å²) in [6.07, 6.45) is -14.3. The molecule has 8 aliphatic heterocycles. The first-order valence-electron chi connectivity index (χ1n) is 42.5. The van der Waals surface area contributed by atoms with Crippen molar-refractivity contribution in [2.24, 2.45) is 0 Å². The smallest absolute Gasteiger partial charge is 0.493 e. The number of Topliss-reactive ketones (excluding diaryl/α,β-unsaturated/α-hetero) is 2. The number of carbonyl (C=O) groups excluding carboxylic acids is 6. The Labute approximate surface area is 755 Å². The van der Waals surface area contributed by atoms with Crippen LogP contribution in [0, 0.1) is 0 Å². The average Bonchev–Trinajstić information content (AvgIpc) is 1.55. The maximum Gasteiger partial charge on any atom is 0.573 e. The molecule has 38 heteroatoms. The van der Waals surface area contributed by atoms with E-state index < -0.39 is 58.8 Å². The number of hydrogen-bond acceptors (Lipinski definition) is 15. The molecule has 4 saturated heterocycles. The monoisotopic (exact) mass is 1870 g/mol. The summed E-state index contributed by atoms with van der Waals surface area (Å²) in [4.78, 5) is 89.8. The Morgan fingerprint density at radius 3 is 1.22 bits per heavy atom. The van der Waals surface area contributed by atoms with Gasteiger partial charge in [-0.15, -0.1) is 13.2 Å². The van der Waals surface area contributed by atoms with Gasteiger partial charge in [0.05, 0.1) is 70.0 Å². The van der Waals surface area contributed by atoms with Crippen molar-refractivity contribution in [1.82, 2.24) is 57.9 Å². The summed E-state index contributed by atoms with van der Waals surface area (Å²) in [5, 5.41) is 4.92. The molecule has 8 aromatic rings. The number of alkyl halides is 12. The predicted molar refractivity (Wildman–Crippen MR) is 460 cm³/mol. The van der Waals surface area contributed by atoms with Crippen molar-refractivity contribution in [3.63, 3.8) is 0 Å². The summed E-state index contributed by atoms with van der Waals surface area (Å²) in [5.41, 5.74) is 1.87. The lowest BCUT2D eigenvalue weighted by atomic mass is 9.80. The highest BCUT2D eigenvalue weighted by atomic mass is 35.5. The van der Waals surface area contributed by atoms with Crippen LogP contribution >= 0.6 is 34.8 Å². The summed E-state index contributed by atoms with van der Waals surface area (Å²) in [7, 11) is 9.05. The van der Waals surface area contributed by atoms with E-state index in [2.05, 4.69) is 42.4 Å². The minimum atomic E-state index is -4.93. The summed E-state index contributed by atoms with van der Waals surface area (Å²) >= 11 is 18.9. The van der Waals surface area contributed by atoms with Gasteiger partial charge in [-0.1, -0.05) is 34.8 Å². The van der Waals surface area contributed by atoms with E-state index >= 15 is 0 Å². The zero-order chi connectivity index (χ0) is 93.7. The maximum absolute atomic E-state index is 13.4. The number of halogens is 15. The summed E-state index contributed by atoms with van der Waals surface area (Å²) < 4.78 is 188. The standard InChI is InChI=1S/C25H29ClF3N3O3.C24H27ClF3N3O3.C22H26F3N3O3.C20H21ClF3N3O2.H2/c1-15(2)35-20-7-5-17(13-18(20)26)23(34)31-11-9-24(10-12-31)21-8-6-19(22(33)25(27,28)29)32(21)16(3)14-30(24)4;1-14(2)34-19-6-4-16(12-17(19)25)22(33)30-10-8-23(9-11-30)20-7-5-18(21(32)24(26,27)28)31(20)15(3)13-29-23;1-26-12-13-28-18(6-7-19(28)22(23,24)25)21(26)8-10-27(11-9-21)20(29)15-4-5-16(30-2)17(14-15)31-3;1-25-12-13-27-16(6-7-17(27)21)19(25)8-10-26(11-9-19)18(28)14-2-4-15(5-3-14)29-20(22,23)24;/h5-8,13,15-16H,9-12,14H2,1-4H3;4-7,12,14-15,29H,8-11,13H2,1-3H3;4-7,14H,8-13H2,1-3H3;2-7H,8-13H2,1H3;1H. The molecule has 4 amide bonds. The number of benzene rings is 4. The van der Waals surface area contributed by atoms with Gasteiger partial charge in [-0.2, -0.15) is 39.5 Å². The first kappa shape index (κ1) is 96.6. The molecule has 4 fully saturated rings. The third kappa shape index (κ3) is 19.7. The number of likely N-dealkylation sites (N-methyl/N-ethyl adjacent to an activating group) is 3. The SMILES string of the molecule is CC(C)Oc1ccc(C(=O)N2CCC3(CC2)NCC(C)n2c(C(=O)C(F)(F)F)ccc23)cc1Cl.CC(C)Oc1ccc(C(=O)N2CCC3(CC2)c2ccc(C(=O)C(F)(F)F)n2C(C)CN3C)cc1Cl.CN1CCn2c(Cl)ccc2C12CCN(C(=O)c1ccc(OC(F)(F)F)cc1)CC2.COc1ccc(C(=O)N2CCC3(CC2)c2ccc(C(F)(F)F)n2CCN3C)cc1OC.[HH]. The van der Waals surface area contributed by atoms with E-state index in [1.54, 1.807) is 104 Å². The van der Waals surface area contributed by atoms with Crippen LogP contribution in [0.4, 0.5) is 52.7 Å². The minimum absolute atomic E-state index is 0. The van der Waals surface area contributed by atoms with Crippen LogP contribution in [-0.2, 0) is 41.4 Å². The lowest BCUT2D eigenvalue weighted by Crippen LogP contribution is -2.57. The molecular formula is C91H105Cl3F12N12O11. The number of piperidine rings is 4. The van der Waals surface area contributed by atoms with Crippen molar-refractivity contribution in [1.29, 1.82) is 0 Å². The van der Waals surface area contributed by atoms with Gasteiger partial charge >= 0.3 is 24.9 Å². The van der Waals surface area contributed by atoms with Crippen LogP contribution in [0.2, 0.25) is 15.2 Å². The van der Waals surface area contributed by atoms with E-state index in [0.717, 1.165) is 43.2 Å². The highest BCUT2D eigenvalue weighted by Gasteiger charge is 2.53. The summed E-state index contributed by atoms with van der Waals surface area (Å²) in [6, 6.07) is 32.0. The fourth-order valence-corrected chi connectivity index (χ4v) is 20.2. The molecule has 4 aromatic heterocycles. The summed E-state index contributed by atoms with van der Waals surface area (Å²) in [6.45, 7) is 18.4. The number of amides is 4. The van der Waals surface area contributed by atoms with Gasteiger partial charge in [-0.3, -0.25) is 43.5 Å². The van der Waals surface area contributed by atoms with Gasteiger partial charge in [0.2, 0.25) is 0 Å². The second kappa shape index (κ2) is 37.8. The largest absolute Gasteiger partial charge is 0.573 e. The Morgan fingerprint density at radius 1 is 0.419 bits per heavy atom. The molecule has 2 atom stereocenters. The normalized spacial score (nSPS) is 19.6. The molecule has 4 spiro atoms. The van der Waals surface area contributed by atoms with Gasteiger partial charge in [-0.25, -0.2) is 0 Å². The highest BCUT2D eigenvalue weighted by molar-refractivity contribution is 6.33. The van der Waals surface area contributed by atoms with Crippen LogP contribution in [0.1, 0.15) is 197 Å². The van der Waals surface area contributed by atoms with Crippen molar-refractivity contribution < 1.29 is 107 Å². The zero-order valence-corrected chi connectivity index (χ0v) is 75.3. The van der Waals surface area contributed by atoms with Crippen LogP contribution in [0.3, 0.4) is 0 Å². The Balaban J connectivity index is 0.000000157. The predicted octanol–water partition coefficient (Wildman–Crippen LogP) is 18.2. The molecule has 0 radical (unpaired) electrons. The van der Waals surface area contributed by atoms with Crippen LogP contribution in [-0.4, -0.2) is 233 Å². The molecule has 0 bridgehead atoms. The van der Waals surface area contributed by atoms with Gasteiger partial charge < -0.3 is 66.9 Å². The highest BCUT2D eigenvalue weighted by Crippen LogP contribution is 2.50. The van der Waals surface area contributed by atoms with Crippen LogP contribution < -0.4 is 29.0 Å². The fourth-order valence-electron chi connectivity index (χ4n) is 19.5. The van der Waals surface area contributed by atoms with Gasteiger partial charge in [-0.05, 0) is 241 Å². The molecule has 12 heterocycles. The first-order valence-corrected chi connectivity index (χ1v) is 43.7. The van der Waals surface area contributed by atoms with Crippen LogP contribution in [0.5, 0.6) is 28.7 Å². The number of rotatable bonds is 13. The number of likely N-dealkylation sites (tertiary alicyclic amines) is 4. The van der Waals surface area contributed by atoms with E-state index in [4.69, 9.17) is 53.8 Å². The minimum Gasteiger partial charge on any atom is -0.493 e. The van der Waals surface area contributed by atoms with Crippen molar-refractivity contribution >= 4 is 70.0 Å². The number of nitrogens with zero attached hydrogens (tertiary/aromatic N) is 11. The average molecular weight is 1880 g/mol. The van der Waals surface area contributed by atoms with Gasteiger partial charge in [0, 0.05) is 150 Å². The zero-order valence-electron chi connectivity index (χ0n) is 73.1. The Hall–Kier alpha value is -9.91. The Bertz CT molecular complexity index is 5450. The molecule has 8 aliphatic rings. The van der Waals surface area contributed by atoms with Crippen LogP contribution in [0.15, 0.2) is 127 Å². The van der Waals surface area contributed by atoms with E-state index in [-0.39, 0.29) is 72.0 Å². The van der Waals surface area contributed by atoms with Crippen LogP contribution in [0.25, 0.3) is 0 Å². The molecule has 16 rings (SSSR count). The topological polar surface area (TPSA) is 203 Å². The van der Waals surface area contributed by atoms with Crippen molar-refractivity contribution in [2.45, 2.75) is 177 Å². The lowest BCUT2D eigenvalue weighted by Gasteiger charge is -2.52. The van der Waals surface area contributed by atoms with Gasteiger partial charge in [0.1, 0.15) is 28.1 Å². The Morgan fingerprint density at radius 2 is 0.798 bits per heavy atom. The number of nitrogens with one attached hydrogen (secondary N) is 1. The molecule has 129 heavy (non-hydrogen) atoms. The number of carbonyl (C=O) groups is 6. The molecule has 0 saturated carbocycles. The molecule has 2 unspecified atom stereocenters. The molecule has 1 N–H and O–H groups in total. The number of aromatic nitrogens is 4. The third-order valence-electron chi connectivity index (χ3n) is 26.2. The molecule has 700 valence electrons.